The van der Waals surface area contributed by atoms with Gasteiger partial charge in [-0.3, -0.25) is 4.79 Å². The maximum atomic E-state index is 12.3. The molecule has 0 spiro atoms. The minimum atomic E-state index is -0.451. The van der Waals surface area contributed by atoms with Crippen LogP contribution in [0.25, 0.3) is 11.5 Å². The second-order valence-corrected chi connectivity index (χ2v) is 6.03. The third-order valence-corrected chi connectivity index (χ3v) is 4.22. The summed E-state index contributed by atoms with van der Waals surface area (Å²) in [5, 5.41) is 11.1. The second-order valence-electron chi connectivity index (χ2n) is 5.59. The van der Waals surface area contributed by atoms with Crippen LogP contribution in [0.5, 0.6) is 0 Å². The number of hydrogen-bond donors (Lipinski definition) is 1. The van der Waals surface area contributed by atoms with Crippen molar-refractivity contribution in [2.75, 3.05) is 23.3 Å². The molecular formula is C19H19ClN4O2. The largest absolute Gasteiger partial charge is 0.412 e. The number of rotatable bonds is 6. The summed E-state index contributed by atoms with van der Waals surface area (Å²) < 4.78 is 5.45. The fourth-order valence-corrected chi connectivity index (χ4v) is 2.68. The van der Waals surface area contributed by atoms with Crippen LogP contribution in [0.15, 0.2) is 52.9 Å². The fourth-order valence-electron chi connectivity index (χ4n) is 2.55. The van der Waals surface area contributed by atoms with Crippen molar-refractivity contribution in [1.29, 1.82) is 0 Å². The van der Waals surface area contributed by atoms with E-state index >= 15 is 0 Å². The first-order chi connectivity index (χ1) is 12.6. The zero-order valence-electron chi connectivity index (χ0n) is 14.6. The molecule has 0 aliphatic rings. The molecule has 0 aliphatic heterocycles. The predicted molar refractivity (Wildman–Crippen MR) is 103 cm³/mol. The maximum absolute atomic E-state index is 12.3. The molecule has 3 aromatic rings. The third-order valence-electron chi connectivity index (χ3n) is 3.96. The van der Waals surface area contributed by atoms with Crippen LogP contribution < -0.4 is 10.2 Å². The summed E-state index contributed by atoms with van der Waals surface area (Å²) in [6.07, 6.45) is 0. The smallest absolute Gasteiger partial charge is 0.313 e. The summed E-state index contributed by atoms with van der Waals surface area (Å²) >= 11 is 5.86. The van der Waals surface area contributed by atoms with Gasteiger partial charge in [0.25, 0.3) is 0 Å². The van der Waals surface area contributed by atoms with Gasteiger partial charge >= 0.3 is 11.8 Å². The Kier molecular flexibility index (Phi) is 5.53. The van der Waals surface area contributed by atoms with Crippen molar-refractivity contribution in [2.24, 2.45) is 0 Å². The summed E-state index contributed by atoms with van der Waals surface area (Å²) in [6, 6.07) is 14.6. The molecule has 1 N–H and O–H groups in total. The minimum absolute atomic E-state index is 0.0947. The molecule has 134 valence electrons. The highest BCUT2D eigenvalue weighted by Gasteiger charge is 2.16. The van der Waals surface area contributed by atoms with Crippen molar-refractivity contribution in [3.05, 3.63) is 59.4 Å². The molecule has 0 aliphatic carbocycles. The van der Waals surface area contributed by atoms with Crippen molar-refractivity contribution in [3.8, 4) is 11.5 Å². The first-order valence-electron chi connectivity index (χ1n) is 8.36. The number of carbonyl (C=O) groups is 1. The van der Waals surface area contributed by atoms with Gasteiger partial charge in [0.05, 0.1) is 0 Å². The first kappa shape index (κ1) is 17.9. The Morgan fingerprint density at radius 1 is 1.04 bits per heavy atom. The lowest BCUT2D eigenvalue weighted by Crippen LogP contribution is -2.21. The van der Waals surface area contributed by atoms with Crippen LogP contribution in [0.2, 0.25) is 5.02 Å². The van der Waals surface area contributed by atoms with E-state index in [2.05, 4.69) is 34.3 Å². The van der Waals surface area contributed by atoms with Crippen molar-refractivity contribution >= 4 is 28.9 Å². The van der Waals surface area contributed by atoms with Gasteiger partial charge in [0.2, 0.25) is 5.89 Å². The molecule has 0 saturated heterocycles. The van der Waals surface area contributed by atoms with Crippen LogP contribution in [-0.4, -0.2) is 29.2 Å². The highest BCUT2D eigenvalue weighted by Crippen LogP contribution is 2.21. The molecule has 0 saturated carbocycles. The summed E-state index contributed by atoms with van der Waals surface area (Å²) in [5.74, 6) is -0.278. The standard InChI is InChI=1S/C19H19ClN4O2/c1-3-24(4-2)16-11-9-15(10-12-16)21-17(25)19-23-22-18(26-19)13-5-7-14(20)8-6-13/h5-12H,3-4H2,1-2H3,(H,21,25). The number of anilines is 2. The highest BCUT2D eigenvalue weighted by atomic mass is 35.5. The number of amides is 1. The van der Waals surface area contributed by atoms with Gasteiger partial charge < -0.3 is 14.6 Å². The third kappa shape index (κ3) is 4.03. The zero-order valence-corrected chi connectivity index (χ0v) is 15.3. The van der Waals surface area contributed by atoms with E-state index in [9.17, 15) is 4.79 Å². The van der Waals surface area contributed by atoms with Gasteiger partial charge in [0, 0.05) is 35.1 Å². The number of aromatic nitrogens is 2. The molecule has 0 bridgehead atoms. The van der Waals surface area contributed by atoms with E-state index in [1.54, 1.807) is 24.3 Å². The molecule has 2 aromatic carbocycles. The molecule has 26 heavy (non-hydrogen) atoms. The number of benzene rings is 2. The number of nitrogens with one attached hydrogen (secondary N) is 1. The van der Waals surface area contributed by atoms with Crippen LogP contribution in [0, 0.1) is 0 Å². The quantitative estimate of drug-likeness (QED) is 0.692. The van der Waals surface area contributed by atoms with Crippen molar-refractivity contribution < 1.29 is 9.21 Å². The normalized spacial score (nSPS) is 10.6. The summed E-state index contributed by atoms with van der Waals surface area (Å²) in [4.78, 5) is 14.5. The second kappa shape index (κ2) is 8.01. The van der Waals surface area contributed by atoms with Gasteiger partial charge in [-0.2, -0.15) is 0 Å². The summed E-state index contributed by atoms with van der Waals surface area (Å²) in [6.45, 7) is 6.06. The van der Waals surface area contributed by atoms with E-state index in [0.29, 0.717) is 16.3 Å². The topological polar surface area (TPSA) is 71.3 Å². The van der Waals surface area contributed by atoms with Crippen LogP contribution in [0.3, 0.4) is 0 Å². The molecule has 1 amide bonds. The van der Waals surface area contributed by atoms with Crippen molar-refractivity contribution in [2.45, 2.75) is 13.8 Å². The van der Waals surface area contributed by atoms with Gasteiger partial charge in [0.1, 0.15) is 0 Å². The molecule has 6 nitrogen and oxygen atoms in total. The van der Waals surface area contributed by atoms with Crippen molar-refractivity contribution in [3.63, 3.8) is 0 Å². The molecule has 3 rings (SSSR count). The fraction of sp³-hybridized carbons (Fsp3) is 0.211. The van der Waals surface area contributed by atoms with E-state index in [-0.39, 0.29) is 11.8 Å². The van der Waals surface area contributed by atoms with Crippen LogP contribution in [0.4, 0.5) is 11.4 Å². The molecule has 0 radical (unpaired) electrons. The van der Waals surface area contributed by atoms with Crippen LogP contribution in [0.1, 0.15) is 24.5 Å². The molecule has 1 aromatic heterocycles. The van der Waals surface area contributed by atoms with E-state index in [4.69, 9.17) is 16.0 Å². The zero-order chi connectivity index (χ0) is 18.5. The van der Waals surface area contributed by atoms with Gasteiger partial charge in [-0.05, 0) is 62.4 Å². The van der Waals surface area contributed by atoms with Gasteiger partial charge in [0.15, 0.2) is 0 Å². The molecular weight excluding hydrogens is 352 g/mol. The minimum Gasteiger partial charge on any atom is -0.412 e. The Hall–Kier alpha value is -2.86. The predicted octanol–water partition coefficient (Wildman–Crippen LogP) is 4.49. The van der Waals surface area contributed by atoms with Gasteiger partial charge in [-0.25, -0.2) is 0 Å². The lowest BCUT2D eigenvalue weighted by Gasteiger charge is -2.21. The van der Waals surface area contributed by atoms with Gasteiger partial charge in [-0.15, -0.1) is 10.2 Å². The lowest BCUT2D eigenvalue weighted by atomic mass is 10.2. The summed E-state index contributed by atoms with van der Waals surface area (Å²) in [5.41, 5.74) is 2.47. The lowest BCUT2D eigenvalue weighted by molar-refractivity contribution is 0.0991. The molecule has 0 fully saturated rings. The summed E-state index contributed by atoms with van der Waals surface area (Å²) in [7, 11) is 0. The molecule has 7 heteroatoms. The van der Waals surface area contributed by atoms with Crippen LogP contribution in [-0.2, 0) is 0 Å². The SMILES string of the molecule is CCN(CC)c1ccc(NC(=O)c2nnc(-c3ccc(Cl)cc3)o2)cc1. The number of hydrogen-bond acceptors (Lipinski definition) is 5. The Morgan fingerprint density at radius 3 is 2.31 bits per heavy atom. The monoisotopic (exact) mass is 370 g/mol. The molecule has 0 unspecified atom stereocenters. The Morgan fingerprint density at radius 2 is 1.69 bits per heavy atom. The van der Waals surface area contributed by atoms with E-state index in [1.807, 2.05) is 24.3 Å². The number of nitrogens with zero attached hydrogens (tertiary/aromatic N) is 3. The maximum Gasteiger partial charge on any atom is 0.313 e. The number of carbonyl (C=O) groups excluding carboxylic acids is 1. The Labute approximate surface area is 156 Å². The van der Waals surface area contributed by atoms with E-state index in [1.165, 1.54) is 0 Å². The van der Waals surface area contributed by atoms with Crippen molar-refractivity contribution in [1.82, 2.24) is 10.2 Å². The average Bonchev–Trinajstić information content (AvgIpc) is 3.15. The molecule has 1 heterocycles. The highest BCUT2D eigenvalue weighted by molar-refractivity contribution is 6.30. The van der Waals surface area contributed by atoms with E-state index < -0.39 is 5.91 Å². The van der Waals surface area contributed by atoms with Gasteiger partial charge in [-0.1, -0.05) is 11.6 Å². The van der Waals surface area contributed by atoms with E-state index in [0.717, 1.165) is 18.8 Å². The average molecular weight is 371 g/mol. The van der Waals surface area contributed by atoms with Crippen LogP contribution >= 0.6 is 11.6 Å². The first-order valence-corrected chi connectivity index (χ1v) is 8.74. The number of halogens is 1. The Bertz CT molecular complexity index is 871. The Balaban J connectivity index is 1.69. The molecule has 0 atom stereocenters.